The maximum Gasteiger partial charge on any atom is 0.379 e. The quantitative estimate of drug-likeness (QED) is 0.659. The van der Waals surface area contributed by atoms with E-state index in [4.69, 9.17) is 11.6 Å². The number of carbonyl (C=O) groups excluding carboxylic acids is 2. The first kappa shape index (κ1) is 12.6. The fourth-order valence-electron chi connectivity index (χ4n) is 1.98. The molecular weight excluding hydrogens is 256 g/mol. The Hall–Kier alpha value is -1.81. The summed E-state index contributed by atoms with van der Waals surface area (Å²) in [7, 11) is 1.13. The Balaban J connectivity index is 2.46. The molecular formula is C13H11ClO4. The number of aliphatic hydroxyl groups is 1. The predicted octanol–water partition coefficient (Wildman–Crippen LogP) is 2.30. The summed E-state index contributed by atoms with van der Waals surface area (Å²) in [6.07, 6.45) is 0.852. The molecule has 0 saturated heterocycles. The minimum absolute atomic E-state index is 0.0941. The number of methoxy groups -OCH3 is 1. The van der Waals surface area contributed by atoms with E-state index in [1.807, 2.05) is 0 Å². The summed E-state index contributed by atoms with van der Waals surface area (Å²) in [5, 5.41) is 10.6. The van der Waals surface area contributed by atoms with Gasteiger partial charge in [0.2, 0.25) is 0 Å². The van der Waals surface area contributed by atoms with Gasteiger partial charge in [-0.3, -0.25) is 4.79 Å². The van der Waals surface area contributed by atoms with Crippen LogP contribution in [-0.4, -0.2) is 24.0 Å². The van der Waals surface area contributed by atoms with Gasteiger partial charge in [0.05, 0.1) is 7.11 Å². The molecule has 0 fully saturated rings. The summed E-state index contributed by atoms with van der Waals surface area (Å²) in [6, 6.07) is 5.01. The highest BCUT2D eigenvalue weighted by atomic mass is 35.5. The first-order valence-corrected chi connectivity index (χ1v) is 5.76. The van der Waals surface area contributed by atoms with Crippen molar-refractivity contribution in [3.8, 4) is 0 Å². The van der Waals surface area contributed by atoms with Crippen molar-refractivity contribution in [3.63, 3.8) is 0 Å². The van der Waals surface area contributed by atoms with E-state index in [0.717, 1.165) is 12.7 Å². The zero-order valence-corrected chi connectivity index (χ0v) is 10.5. The van der Waals surface area contributed by atoms with Crippen LogP contribution in [0.1, 0.15) is 17.5 Å². The van der Waals surface area contributed by atoms with Gasteiger partial charge in [-0.05, 0) is 36.6 Å². The summed E-state index contributed by atoms with van der Waals surface area (Å²) < 4.78 is 4.37. The van der Waals surface area contributed by atoms with Gasteiger partial charge < -0.3 is 9.84 Å². The number of rotatable bonds is 2. The van der Waals surface area contributed by atoms with Gasteiger partial charge in [-0.1, -0.05) is 11.6 Å². The number of aryl methyl sites for hydroxylation is 1. The second kappa shape index (κ2) is 4.82. The molecule has 1 aromatic carbocycles. The number of Topliss-reactive ketones (excluding diaryl/α,β-unsaturated/α-hetero) is 1. The van der Waals surface area contributed by atoms with E-state index >= 15 is 0 Å². The molecule has 1 aliphatic carbocycles. The Bertz CT molecular complexity index is 560. The lowest BCUT2D eigenvalue weighted by Crippen LogP contribution is -2.21. The molecule has 0 bridgehead atoms. The third-order valence-corrected chi connectivity index (χ3v) is 3.13. The van der Waals surface area contributed by atoms with E-state index in [-0.39, 0.29) is 11.3 Å². The second-order valence-corrected chi connectivity index (χ2v) is 4.39. The van der Waals surface area contributed by atoms with Crippen LogP contribution in [0.25, 0.3) is 5.76 Å². The molecule has 0 aromatic heterocycles. The van der Waals surface area contributed by atoms with Crippen molar-refractivity contribution in [2.75, 3.05) is 7.11 Å². The molecule has 0 unspecified atom stereocenters. The monoisotopic (exact) mass is 266 g/mol. The maximum atomic E-state index is 11.7. The van der Waals surface area contributed by atoms with Gasteiger partial charge in [0.15, 0.2) is 0 Å². The molecule has 18 heavy (non-hydrogen) atoms. The summed E-state index contributed by atoms with van der Waals surface area (Å²) >= 11 is 5.86. The molecule has 1 aromatic rings. The number of fused-ring (bicyclic) bond motifs is 1. The second-order valence-electron chi connectivity index (χ2n) is 3.95. The molecule has 0 saturated carbocycles. The third kappa shape index (κ3) is 2.11. The summed E-state index contributed by atoms with van der Waals surface area (Å²) in [5.74, 6) is -1.92. The Morgan fingerprint density at radius 1 is 1.33 bits per heavy atom. The van der Waals surface area contributed by atoms with E-state index in [1.165, 1.54) is 0 Å². The number of ether oxygens (including phenoxy) is 1. The largest absolute Gasteiger partial charge is 0.507 e. The van der Waals surface area contributed by atoms with Crippen molar-refractivity contribution in [1.29, 1.82) is 0 Å². The van der Waals surface area contributed by atoms with Gasteiger partial charge in [-0.2, -0.15) is 0 Å². The lowest BCUT2D eigenvalue weighted by molar-refractivity contribution is -0.149. The fraction of sp³-hybridized carbons (Fsp3) is 0.231. The van der Waals surface area contributed by atoms with Crippen molar-refractivity contribution in [3.05, 3.63) is 39.9 Å². The minimum atomic E-state index is -0.964. The van der Waals surface area contributed by atoms with Gasteiger partial charge in [-0.25, -0.2) is 4.79 Å². The molecule has 94 valence electrons. The van der Waals surface area contributed by atoms with E-state index in [0.29, 0.717) is 23.4 Å². The number of aliphatic hydroxyl groups excluding tert-OH is 1. The lowest BCUT2D eigenvalue weighted by atomic mass is 9.88. The highest BCUT2D eigenvalue weighted by Gasteiger charge is 2.28. The Morgan fingerprint density at radius 3 is 2.72 bits per heavy atom. The van der Waals surface area contributed by atoms with Crippen molar-refractivity contribution in [1.82, 2.24) is 0 Å². The highest BCUT2D eigenvalue weighted by Crippen LogP contribution is 2.31. The van der Waals surface area contributed by atoms with Crippen LogP contribution in [0.2, 0.25) is 5.02 Å². The molecule has 1 aliphatic rings. The first-order chi connectivity index (χ1) is 8.54. The van der Waals surface area contributed by atoms with Crippen LogP contribution in [0.3, 0.4) is 0 Å². The van der Waals surface area contributed by atoms with Gasteiger partial charge in [0.1, 0.15) is 5.76 Å². The third-order valence-electron chi connectivity index (χ3n) is 2.90. The average molecular weight is 267 g/mol. The highest BCUT2D eigenvalue weighted by molar-refractivity contribution is 6.41. The molecule has 0 amide bonds. The Labute approximate surface area is 109 Å². The number of hydrogen-bond acceptors (Lipinski definition) is 4. The van der Waals surface area contributed by atoms with Crippen molar-refractivity contribution < 1.29 is 19.4 Å². The molecule has 5 heteroatoms. The Kier molecular flexibility index (Phi) is 3.39. The first-order valence-electron chi connectivity index (χ1n) is 5.38. The zero-order chi connectivity index (χ0) is 13.3. The average Bonchev–Trinajstić information content (AvgIpc) is 2.37. The Morgan fingerprint density at radius 2 is 2.06 bits per heavy atom. The number of esters is 1. The van der Waals surface area contributed by atoms with E-state index in [9.17, 15) is 14.7 Å². The minimum Gasteiger partial charge on any atom is -0.507 e. The number of ketones is 1. The molecule has 0 aliphatic heterocycles. The number of carbonyl (C=O) groups is 2. The van der Waals surface area contributed by atoms with Crippen molar-refractivity contribution in [2.45, 2.75) is 12.8 Å². The number of hydrogen-bond donors (Lipinski definition) is 1. The van der Waals surface area contributed by atoms with Crippen molar-refractivity contribution in [2.24, 2.45) is 0 Å². The zero-order valence-electron chi connectivity index (χ0n) is 9.70. The van der Waals surface area contributed by atoms with Crippen LogP contribution < -0.4 is 0 Å². The van der Waals surface area contributed by atoms with Crippen LogP contribution in [0, 0.1) is 0 Å². The van der Waals surface area contributed by atoms with Gasteiger partial charge in [0.25, 0.3) is 5.78 Å². The van der Waals surface area contributed by atoms with Crippen LogP contribution in [0.15, 0.2) is 23.8 Å². The number of halogens is 1. The standard InChI is InChI=1S/C13H11ClO4/c1-18-13(17)12(16)10-4-2-7-6-8(14)3-5-9(7)11(10)15/h3,5-6,15H,2,4H2,1H3. The van der Waals surface area contributed by atoms with Crippen LogP contribution in [0.5, 0.6) is 0 Å². The van der Waals surface area contributed by atoms with E-state index in [1.54, 1.807) is 18.2 Å². The molecule has 0 heterocycles. The van der Waals surface area contributed by atoms with Gasteiger partial charge in [-0.15, -0.1) is 0 Å². The van der Waals surface area contributed by atoms with Crippen LogP contribution >= 0.6 is 11.6 Å². The molecule has 2 rings (SSSR count). The van der Waals surface area contributed by atoms with Crippen LogP contribution in [0.4, 0.5) is 0 Å². The molecule has 0 atom stereocenters. The van der Waals surface area contributed by atoms with E-state index in [2.05, 4.69) is 4.74 Å². The normalized spacial score (nSPS) is 14.1. The molecule has 4 nitrogen and oxygen atoms in total. The fourth-order valence-corrected chi connectivity index (χ4v) is 2.17. The predicted molar refractivity (Wildman–Crippen MR) is 66.3 cm³/mol. The summed E-state index contributed by atoms with van der Waals surface area (Å²) in [5.41, 5.74) is 1.50. The van der Waals surface area contributed by atoms with Gasteiger partial charge in [0, 0.05) is 16.2 Å². The van der Waals surface area contributed by atoms with E-state index < -0.39 is 11.8 Å². The lowest BCUT2D eigenvalue weighted by Gasteiger charge is -2.18. The van der Waals surface area contributed by atoms with Crippen LogP contribution in [-0.2, 0) is 20.7 Å². The number of benzene rings is 1. The molecule has 0 spiro atoms. The smallest absolute Gasteiger partial charge is 0.379 e. The molecule has 0 radical (unpaired) electrons. The molecule has 1 N–H and O–H groups in total. The SMILES string of the molecule is COC(=O)C(=O)C1=C(O)c2ccc(Cl)cc2CC1. The van der Waals surface area contributed by atoms with Crippen molar-refractivity contribution >= 4 is 29.1 Å². The summed E-state index contributed by atoms with van der Waals surface area (Å²) in [4.78, 5) is 22.9. The van der Waals surface area contributed by atoms with Gasteiger partial charge >= 0.3 is 5.97 Å². The summed E-state index contributed by atoms with van der Waals surface area (Å²) in [6.45, 7) is 0. The maximum absolute atomic E-state index is 11.7. The topological polar surface area (TPSA) is 63.6 Å².